The minimum atomic E-state index is -0.808. The lowest BCUT2D eigenvalue weighted by Crippen LogP contribution is -2.49. The number of nitrogens with zero attached hydrogens (tertiary/aromatic N) is 2. The molecule has 0 aliphatic heterocycles. The molecule has 2 rings (SSSR count). The number of urea groups is 1. The summed E-state index contributed by atoms with van der Waals surface area (Å²) in [6.45, 7) is 5.66. The van der Waals surface area contributed by atoms with Gasteiger partial charge in [0.15, 0.2) is 0 Å². The van der Waals surface area contributed by atoms with Gasteiger partial charge in [0, 0.05) is 12.2 Å². The van der Waals surface area contributed by atoms with Gasteiger partial charge >= 0.3 is 6.03 Å². The van der Waals surface area contributed by atoms with Crippen LogP contribution in [0.15, 0.2) is 30.3 Å². The van der Waals surface area contributed by atoms with Crippen LogP contribution in [-0.4, -0.2) is 51.3 Å². The fourth-order valence-corrected chi connectivity index (χ4v) is 2.55. The van der Waals surface area contributed by atoms with Gasteiger partial charge in [0.25, 0.3) is 0 Å². The summed E-state index contributed by atoms with van der Waals surface area (Å²) < 4.78 is 1.90. The van der Waals surface area contributed by atoms with Crippen molar-refractivity contribution in [3.05, 3.63) is 47.3 Å². The van der Waals surface area contributed by atoms with Crippen LogP contribution in [0.1, 0.15) is 23.9 Å². The summed E-state index contributed by atoms with van der Waals surface area (Å²) in [5, 5.41) is 28.2. The van der Waals surface area contributed by atoms with Crippen molar-refractivity contribution in [3.63, 3.8) is 0 Å². The second-order valence-corrected chi connectivity index (χ2v) is 6.19. The Labute approximate surface area is 147 Å². The SMILES string of the molecule is Cc1cc(C)n(-c2ccc(CCNC(=O)N[C@H](CO)[C@@H](C)O)cc2)n1. The molecule has 2 atom stereocenters. The van der Waals surface area contributed by atoms with Crippen molar-refractivity contribution >= 4 is 6.03 Å². The fraction of sp³-hybridized carbons (Fsp3) is 0.444. The average Bonchev–Trinajstić information content (AvgIpc) is 2.91. The lowest BCUT2D eigenvalue weighted by atomic mass is 10.1. The van der Waals surface area contributed by atoms with Crippen LogP contribution in [0.3, 0.4) is 0 Å². The Morgan fingerprint density at radius 1 is 1.28 bits per heavy atom. The van der Waals surface area contributed by atoms with Crippen LogP contribution in [0.5, 0.6) is 0 Å². The lowest BCUT2D eigenvalue weighted by molar-refractivity contribution is 0.107. The Bertz CT molecular complexity index is 695. The Morgan fingerprint density at radius 2 is 1.96 bits per heavy atom. The van der Waals surface area contributed by atoms with Gasteiger partial charge in [-0.25, -0.2) is 9.48 Å². The van der Waals surface area contributed by atoms with E-state index in [1.165, 1.54) is 6.92 Å². The van der Waals surface area contributed by atoms with Gasteiger partial charge < -0.3 is 20.8 Å². The Morgan fingerprint density at radius 3 is 2.48 bits per heavy atom. The first-order chi connectivity index (χ1) is 11.9. The van der Waals surface area contributed by atoms with Crippen molar-refractivity contribution in [2.45, 2.75) is 39.3 Å². The number of rotatable bonds is 7. The molecule has 1 aromatic heterocycles. The quantitative estimate of drug-likeness (QED) is 0.603. The molecule has 4 N–H and O–H groups in total. The summed E-state index contributed by atoms with van der Waals surface area (Å²) in [7, 11) is 0. The van der Waals surface area contributed by atoms with Gasteiger partial charge in [-0.3, -0.25) is 0 Å². The smallest absolute Gasteiger partial charge is 0.315 e. The molecule has 1 aromatic carbocycles. The standard InChI is InChI=1S/C18H26N4O3/c1-12-10-13(2)22(21-12)16-6-4-15(5-7-16)8-9-19-18(25)20-17(11-23)14(3)24/h4-7,10,14,17,23-24H,8-9,11H2,1-3H3,(H2,19,20,25)/t14-,17-/m1/s1. The molecule has 0 aliphatic rings. The van der Waals surface area contributed by atoms with Gasteiger partial charge in [-0.1, -0.05) is 12.1 Å². The highest BCUT2D eigenvalue weighted by Crippen LogP contribution is 2.13. The zero-order valence-electron chi connectivity index (χ0n) is 14.9. The molecule has 136 valence electrons. The maximum atomic E-state index is 11.7. The van der Waals surface area contributed by atoms with E-state index in [0.717, 1.165) is 22.6 Å². The molecular formula is C18H26N4O3. The van der Waals surface area contributed by atoms with Crippen molar-refractivity contribution in [1.29, 1.82) is 0 Å². The fourth-order valence-electron chi connectivity index (χ4n) is 2.55. The minimum Gasteiger partial charge on any atom is -0.394 e. The van der Waals surface area contributed by atoms with Crippen LogP contribution in [0, 0.1) is 13.8 Å². The average molecular weight is 346 g/mol. The Balaban J connectivity index is 1.84. The normalized spacial score (nSPS) is 13.3. The third-order valence-corrected chi connectivity index (χ3v) is 3.99. The van der Waals surface area contributed by atoms with Crippen LogP contribution in [0.2, 0.25) is 0 Å². The Kier molecular flexibility index (Phi) is 6.55. The van der Waals surface area contributed by atoms with Crippen LogP contribution < -0.4 is 10.6 Å². The van der Waals surface area contributed by atoms with Crippen molar-refractivity contribution in [1.82, 2.24) is 20.4 Å². The third-order valence-electron chi connectivity index (χ3n) is 3.99. The van der Waals surface area contributed by atoms with E-state index in [4.69, 9.17) is 5.11 Å². The number of aromatic nitrogens is 2. The molecule has 0 radical (unpaired) electrons. The summed E-state index contributed by atoms with van der Waals surface area (Å²) in [6.07, 6.45) is -0.124. The molecule has 0 saturated heterocycles. The van der Waals surface area contributed by atoms with Gasteiger partial charge in [0.2, 0.25) is 0 Å². The first-order valence-corrected chi connectivity index (χ1v) is 8.36. The van der Waals surface area contributed by atoms with Crippen molar-refractivity contribution in [2.75, 3.05) is 13.2 Å². The predicted octanol–water partition coefficient (Wildman–Crippen LogP) is 1.07. The largest absolute Gasteiger partial charge is 0.394 e. The highest BCUT2D eigenvalue weighted by molar-refractivity contribution is 5.74. The van der Waals surface area contributed by atoms with Crippen molar-refractivity contribution < 1.29 is 15.0 Å². The molecule has 0 bridgehead atoms. The van der Waals surface area contributed by atoms with Gasteiger partial charge in [-0.2, -0.15) is 5.10 Å². The molecule has 2 aromatic rings. The number of carbonyl (C=O) groups is 1. The number of carbonyl (C=O) groups excluding carboxylic acids is 1. The highest BCUT2D eigenvalue weighted by atomic mass is 16.3. The molecule has 1 heterocycles. The first-order valence-electron chi connectivity index (χ1n) is 8.36. The van der Waals surface area contributed by atoms with E-state index < -0.39 is 18.2 Å². The molecule has 2 amide bonds. The molecule has 0 saturated carbocycles. The number of hydrogen-bond acceptors (Lipinski definition) is 4. The van der Waals surface area contributed by atoms with E-state index >= 15 is 0 Å². The monoisotopic (exact) mass is 346 g/mol. The second kappa shape index (κ2) is 8.64. The molecule has 0 spiro atoms. The highest BCUT2D eigenvalue weighted by Gasteiger charge is 2.15. The van der Waals surface area contributed by atoms with Crippen LogP contribution in [0.4, 0.5) is 4.79 Å². The topological polar surface area (TPSA) is 99.4 Å². The summed E-state index contributed by atoms with van der Waals surface area (Å²) in [5.41, 5.74) is 4.16. The number of aliphatic hydroxyl groups is 2. The molecule has 0 fully saturated rings. The molecular weight excluding hydrogens is 320 g/mol. The molecule has 7 heteroatoms. The summed E-state index contributed by atoms with van der Waals surface area (Å²) in [4.78, 5) is 11.7. The Hall–Kier alpha value is -2.38. The number of nitrogens with one attached hydrogen (secondary N) is 2. The van der Waals surface area contributed by atoms with Gasteiger partial charge in [0.1, 0.15) is 0 Å². The zero-order valence-corrected chi connectivity index (χ0v) is 14.9. The first kappa shape index (κ1) is 19.0. The van der Waals surface area contributed by atoms with Gasteiger partial charge in [0.05, 0.1) is 30.1 Å². The van der Waals surface area contributed by atoms with E-state index in [1.807, 2.05) is 48.9 Å². The van der Waals surface area contributed by atoms with Crippen LogP contribution in [-0.2, 0) is 6.42 Å². The maximum Gasteiger partial charge on any atom is 0.315 e. The summed E-state index contributed by atoms with van der Waals surface area (Å²) in [5.74, 6) is 0. The molecule has 0 unspecified atom stereocenters. The van der Waals surface area contributed by atoms with Crippen molar-refractivity contribution in [3.8, 4) is 5.69 Å². The van der Waals surface area contributed by atoms with Gasteiger partial charge in [-0.15, -0.1) is 0 Å². The summed E-state index contributed by atoms with van der Waals surface area (Å²) >= 11 is 0. The zero-order chi connectivity index (χ0) is 18.4. The summed E-state index contributed by atoms with van der Waals surface area (Å²) in [6, 6.07) is 8.99. The van der Waals surface area contributed by atoms with E-state index in [-0.39, 0.29) is 6.61 Å². The lowest BCUT2D eigenvalue weighted by Gasteiger charge is -2.19. The van der Waals surface area contributed by atoms with E-state index in [9.17, 15) is 9.90 Å². The third kappa shape index (κ3) is 5.30. The van der Waals surface area contributed by atoms with Crippen molar-refractivity contribution in [2.24, 2.45) is 0 Å². The van der Waals surface area contributed by atoms with Crippen LogP contribution in [0.25, 0.3) is 5.69 Å². The van der Waals surface area contributed by atoms with Gasteiger partial charge in [-0.05, 0) is 51.0 Å². The minimum absolute atomic E-state index is 0.307. The number of hydrogen-bond donors (Lipinski definition) is 4. The van der Waals surface area contributed by atoms with E-state index in [0.29, 0.717) is 13.0 Å². The molecule has 7 nitrogen and oxygen atoms in total. The number of amides is 2. The van der Waals surface area contributed by atoms with E-state index in [1.54, 1.807) is 0 Å². The van der Waals surface area contributed by atoms with E-state index in [2.05, 4.69) is 15.7 Å². The predicted molar refractivity (Wildman–Crippen MR) is 95.8 cm³/mol. The van der Waals surface area contributed by atoms with Crippen LogP contribution >= 0.6 is 0 Å². The maximum absolute atomic E-state index is 11.7. The molecule has 25 heavy (non-hydrogen) atoms. The second-order valence-electron chi connectivity index (χ2n) is 6.19. The molecule has 0 aliphatic carbocycles. The number of aryl methyl sites for hydroxylation is 2. The number of benzene rings is 1. The number of aliphatic hydroxyl groups excluding tert-OH is 2.